The van der Waals surface area contributed by atoms with Crippen molar-refractivity contribution in [1.29, 1.82) is 0 Å². The number of likely N-dealkylation sites (tertiary alicyclic amines) is 1. The molecule has 0 radical (unpaired) electrons. The highest BCUT2D eigenvalue weighted by Gasteiger charge is 2.27. The van der Waals surface area contributed by atoms with E-state index in [1.165, 1.54) is 12.1 Å². The van der Waals surface area contributed by atoms with Gasteiger partial charge in [-0.25, -0.2) is 8.78 Å². The molecule has 2 aliphatic rings. The fourth-order valence-electron chi connectivity index (χ4n) is 3.67. The maximum atomic E-state index is 14.3. The summed E-state index contributed by atoms with van der Waals surface area (Å²) in [6.45, 7) is 2.05. The Bertz CT molecular complexity index is 836. The average molecular weight is 356 g/mol. The van der Waals surface area contributed by atoms with Crippen LogP contribution in [0.1, 0.15) is 30.4 Å². The molecule has 6 heteroatoms. The van der Waals surface area contributed by atoms with Gasteiger partial charge in [0, 0.05) is 30.8 Å². The molecule has 26 heavy (non-hydrogen) atoms. The molecule has 2 aromatic carbocycles. The predicted molar refractivity (Wildman–Crippen MR) is 98.9 cm³/mol. The minimum absolute atomic E-state index is 0.102. The first kappa shape index (κ1) is 17.0. The van der Waals surface area contributed by atoms with Crippen LogP contribution in [0.25, 0.3) is 0 Å². The summed E-state index contributed by atoms with van der Waals surface area (Å²) in [7, 11) is 0. The fourth-order valence-corrected chi connectivity index (χ4v) is 3.67. The van der Waals surface area contributed by atoms with Crippen molar-refractivity contribution in [3.63, 3.8) is 0 Å². The Kier molecular flexibility index (Phi) is 4.59. The Hall–Kier alpha value is -2.47. The van der Waals surface area contributed by atoms with Gasteiger partial charge >= 0.3 is 0 Å². The molecule has 0 unspecified atom stereocenters. The monoisotopic (exact) mass is 356 g/mol. The highest BCUT2D eigenvalue weighted by Crippen LogP contribution is 2.29. The van der Waals surface area contributed by atoms with Crippen LogP contribution in [0.2, 0.25) is 0 Å². The van der Waals surface area contributed by atoms with E-state index in [4.69, 9.17) is 10.8 Å². The summed E-state index contributed by atoms with van der Waals surface area (Å²) < 4.78 is 27.6. The first-order valence-corrected chi connectivity index (χ1v) is 9.02. The van der Waals surface area contributed by atoms with E-state index in [1.807, 2.05) is 24.3 Å². The van der Waals surface area contributed by atoms with Crippen molar-refractivity contribution >= 4 is 11.5 Å². The van der Waals surface area contributed by atoms with E-state index in [2.05, 4.69) is 4.90 Å². The molecule has 0 spiro atoms. The highest BCUT2D eigenvalue weighted by molar-refractivity contribution is 6.01. The number of nitrogens with zero attached hydrogens (tertiary/aromatic N) is 3. The predicted octanol–water partition coefficient (Wildman–Crippen LogP) is 3.46. The average Bonchev–Trinajstić information content (AvgIpc) is 2.85. The Morgan fingerprint density at radius 1 is 1.08 bits per heavy atom. The van der Waals surface area contributed by atoms with E-state index in [-0.39, 0.29) is 11.7 Å². The number of benzene rings is 2. The molecule has 0 aromatic heterocycles. The van der Waals surface area contributed by atoms with Gasteiger partial charge in [0.2, 0.25) is 0 Å². The quantitative estimate of drug-likeness (QED) is 0.851. The zero-order valence-electron chi connectivity index (χ0n) is 14.5. The normalized spacial score (nSPS) is 20.4. The first-order valence-electron chi connectivity index (χ1n) is 9.02. The van der Waals surface area contributed by atoms with Crippen molar-refractivity contribution in [3.05, 3.63) is 65.2 Å². The van der Waals surface area contributed by atoms with Gasteiger partial charge < -0.3 is 10.6 Å². The van der Waals surface area contributed by atoms with E-state index >= 15 is 0 Å². The van der Waals surface area contributed by atoms with Crippen molar-refractivity contribution < 1.29 is 8.78 Å². The molecule has 1 saturated heterocycles. The molecule has 0 saturated carbocycles. The maximum absolute atomic E-state index is 14.3. The van der Waals surface area contributed by atoms with Crippen LogP contribution in [0, 0.1) is 11.6 Å². The minimum atomic E-state index is -0.611. The summed E-state index contributed by atoms with van der Waals surface area (Å²) >= 11 is 0. The van der Waals surface area contributed by atoms with Gasteiger partial charge in [0.25, 0.3) is 0 Å². The molecule has 2 N–H and O–H groups in total. The highest BCUT2D eigenvalue weighted by atomic mass is 19.1. The summed E-state index contributed by atoms with van der Waals surface area (Å²) in [5.74, 6) is -0.390. The third kappa shape index (κ3) is 3.29. The van der Waals surface area contributed by atoms with Crippen LogP contribution in [-0.2, 0) is 6.54 Å². The maximum Gasteiger partial charge on any atom is 0.156 e. The first-order chi connectivity index (χ1) is 12.6. The van der Waals surface area contributed by atoms with E-state index < -0.39 is 11.6 Å². The summed E-state index contributed by atoms with van der Waals surface area (Å²) in [4.78, 5) is 2.20. The van der Waals surface area contributed by atoms with E-state index in [9.17, 15) is 8.78 Å². The zero-order chi connectivity index (χ0) is 18.1. The van der Waals surface area contributed by atoms with Crippen LogP contribution in [0.3, 0.4) is 0 Å². The number of anilines is 1. The van der Waals surface area contributed by atoms with Crippen molar-refractivity contribution in [2.75, 3.05) is 18.1 Å². The standard InChI is InChI=1S/C20H22F2N4/c21-15-8-9-19(18(22)11-15)26-12-14-5-1-2-7-17(14)20(24-26)25-10-4-3-6-16(23)13-25/h1-2,5,7-9,11,16H,3-4,6,10,12-13,23H2/t16-/m1/s1. The van der Waals surface area contributed by atoms with Gasteiger partial charge in [-0.05, 0) is 30.5 Å². The summed E-state index contributed by atoms with van der Waals surface area (Å²) in [6.07, 6.45) is 3.16. The van der Waals surface area contributed by atoms with Crippen LogP contribution >= 0.6 is 0 Å². The number of halogens is 2. The van der Waals surface area contributed by atoms with Gasteiger partial charge in [0.05, 0.1) is 12.2 Å². The molecule has 136 valence electrons. The molecule has 2 aliphatic heterocycles. The second kappa shape index (κ2) is 7.03. The number of rotatable bonds is 1. The molecule has 0 aliphatic carbocycles. The van der Waals surface area contributed by atoms with Crippen LogP contribution in [0.4, 0.5) is 14.5 Å². The number of hydrazone groups is 1. The van der Waals surface area contributed by atoms with Gasteiger partial charge in [-0.3, -0.25) is 5.01 Å². The van der Waals surface area contributed by atoms with Gasteiger partial charge in [-0.1, -0.05) is 30.7 Å². The zero-order valence-corrected chi connectivity index (χ0v) is 14.5. The third-order valence-corrected chi connectivity index (χ3v) is 4.99. The van der Waals surface area contributed by atoms with Crippen molar-refractivity contribution in [1.82, 2.24) is 4.90 Å². The molecule has 4 rings (SSSR count). The van der Waals surface area contributed by atoms with E-state index in [0.29, 0.717) is 6.54 Å². The van der Waals surface area contributed by atoms with Crippen LogP contribution in [-0.4, -0.2) is 29.9 Å². The molecule has 0 bridgehead atoms. The second-order valence-electron chi connectivity index (χ2n) is 6.94. The molecule has 4 nitrogen and oxygen atoms in total. The van der Waals surface area contributed by atoms with Gasteiger partial charge in [0.15, 0.2) is 11.7 Å². The van der Waals surface area contributed by atoms with Gasteiger partial charge in [-0.2, -0.15) is 5.10 Å². The SMILES string of the molecule is N[C@@H]1CCCCN(C2=NN(c3ccc(F)cc3F)Cc3ccccc32)C1. The Balaban J connectivity index is 1.76. The van der Waals surface area contributed by atoms with Crippen LogP contribution in [0.15, 0.2) is 47.6 Å². The van der Waals surface area contributed by atoms with Crippen molar-refractivity contribution in [3.8, 4) is 0 Å². The molecule has 1 atom stereocenters. The van der Waals surface area contributed by atoms with Crippen LogP contribution in [0.5, 0.6) is 0 Å². The second-order valence-corrected chi connectivity index (χ2v) is 6.94. The summed E-state index contributed by atoms with van der Waals surface area (Å²) in [5.41, 5.74) is 8.63. The van der Waals surface area contributed by atoms with E-state index in [0.717, 1.165) is 55.4 Å². The Morgan fingerprint density at radius 3 is 2.77 bits per heavy atom. The minimum Gasteiger partial charge on any atom is -0.353 e. The molecular weight excluding hydrogens is 334 g/mol. The molecule has 1 fully saturated rings. The number of amidine groups is 1. The van der Waals surface area contributed by atoms with Crippen LogP contribution < -0.4 is 10.7 Å². The lowest BCUT2D eigenvalue weighted by atomic mass is 10.0. The smallest absolute Gasteiger partial charge is 0.156 e. The summed E-state index contributed by atoms with van der Waals surface area (Å²) in [5, 5.41) is 6.36. The summed E-state index contributed by atoms with van der Waals surface area (Å²) in [6, 6.07) is 11.7. The lowest BCUT2D eigenvalue weighted by Crippen LogP contribution is -2.43. The van der Waals surface area contributed by atoms with Crippen molar-refractivity contribution in [2.45, 2.75) is 31.8 Å². The lowest BCUT2D eigenvalue weighted by Gasteiger charge is -2.34. The fraction of sp³-hybridized carbons (Fsp3) is 0.350. The van der Waals surface area contributed by atoms with Gasteiger partial charge in [-0.15, -0.1) is 0 Å². The largest absolute Gasteiger partial charge is 0.353 e. The molecule has 2 aromatic rings. The van der Waals surface area contributed by atoms with Gasteiger partial charge in [0.1, 0.15) is 5.82 Å². The number of hydrogen-bond acceptors (Lipinski definition) is 4. The third-order valence-electron chi connectivity index (χ3n) is 4.99. The molecule has 2 heterocycles. The number of fused-ring (bicyclic) bond motifs is 1. The van der Waals surface area contributed by atoms with Crippen molar-refractivity contribution in [2.24, 2.45) is 10.8 Å². The topological polar surface area (TPSA) is 44.9 Å². The number of hydrogen-bond donors (Lipinski definition) is 1. The number of nitrogens with two attached hydrogens (primary N) is 1. The Labute approximate surface area is 151 Å². The Morgan fingerprint density at radius 2 is 1.92 bits per heavy atom. The van der Waals surface area contributed by atoms with E-state index in [1.54, 1.807) is 5.01 Å². The molecular formula is C20H22F2N4. The molecule has 0 amide bonds. The lowest BCUT2D eigenvalue weighted by molar-refractivity contribution is 0.408.